The first-order valence-electron chi connectivity index (χ1n) is 6.73. The molecule has 0 atom stereocenters. The number of aromatic nitrogens is 1. The van der Waals surface area contributed by atoms with Crippen molar-refractivity contribution in [1.29, 1.82) is 0 Å². The highest BCUT2D eigenvalue weighted by molar-refractivity contribution is 7.08. The first-order chi connectivity index (χ1) is 10.5. The maximum Gasteiger partial charge on any atom is 0.340 e. The number of aryl methyl sites for hydroxylation is 1. The fourth-order valence-corrected chi connectivity index (χ4v) is 2.69. The molecule has 0 aromatic carbocycles. The van der Waals surface area contributed by atoms with E-state index in [-0.39, 0.29) is 12.5 Å². The second-order valence-corrected chi connectivity index (χ2v) is 5.50. The van der Waals surface area contributed by atoms with Crippen LogP contribution >= 0.6 is 11.3 Å². The minimum absolute atomic E-state index is 0.176. The van der Waals surface area contributed by atoms with Crippen molar-refractivity contribution in [2.24, 2.45) is 0 Å². The molecule has 0 unspecified atom stereocenters. The lowest BCUT2D eigenvalue weighted by atomic mass is 10.1. The molecular weight excluding hydrogens is 304 g/mol. The van der Waals surface area contributed by atoms with Crippen molar-refractivity contribution < 1.29 is 19.1 Å². The monoisotopic (exact) mass is 322 g/mol. The largest absolute Gasteiger partial charge is 0.460 e. The highest BCUT2D eigenvalue weighted by Crippen LogP contribution is 2.21. The summed E-state index contributed by atoms with van der Waals surface area (Å²) in [6.07, 6.45) is 0. The van der Waals surface area contributed by atoms with Gasteiger partial charge >= 0.3 is 5.97 Å². The van der Waals surface area contributed by atoms with Crippen LogP contribution in [0.1, 0.15) is 32.1 Å². The second-order valence-electron chi connectivity index (χ2n) is 4.72. The molecule has 1 amide bonds. The summed E-state index contributed by atoms with van der Waals surface area (Å²) in [5.74, 6) is -0.743. The number of esters is 1. The zero-order chi connectivity index (χ0) is 16.1. The van der Waals surface area contributed by atoms with E-state index in [9.17, 15) is 9.59 Å². The molecule has 2 aromatic heterocycles. The van der Waals surface area contributed by atoms with Gasteiger partial charge in [-0.25, -0.2) is 4.79 Å². The number of anilines is 1. The van der Waals surface area contributed by atoms with Crippen molar-refractivity contribution in [3.63, 3.8) is 0 Å². The Balaban J connectivity index is 2.15. The Morgan fingerprint density at radius 2 is 2.09 bits per heavy atom. The van der Waals surface area contributed by atoms with Gasteiger partial charge in [-0.05, 0) is 30.9 Å². The molecule has 0 aliphatic heterocycles. The maximum atomic E-state index is 12.3. The lowest BCUT2D eigenvalue weighted by molar-refractivity contribution is 0.0387. The second kappa shape index (κ2) is 7.24. The molecule has 6 nitrogen and oxygen atoms in total. The van der Waals surface area contributed by atoms with E-state index in [0.29, 0.717) is 29.1 Å². The molecule has 2 rings (SSSR count). The molecule has 0 spiro atoms. The van der Waals surface area contributed by atoms with Crippen LogP contribution < -0.4 is 5.32 Å². The van der Waals surface area contributed by atoms with Crippen molar-refractivity contribution in [1.82, 2.24) is 4.98 Å². The number of ether oxygens (including phenoxy) is 2. The fourth-order valence-electron chi connectivity index (χ4n) is 2.10. The minimum Gasteiger partial charge on any atom is -0.460 e. The number of H-pyrrole nitrogens is 1. The summed E-state index contributed by atoms with van der Waals surface area (Å²) in [4.78, 5) is 27.3. The summed E-state index contributed by atoms with van der Waals surface area (Å²) in [5, 5.41) is 6.49. The maximum absolute atomic E-state index is 12.3. The van der Waals surface area contributed by atoms with Gasteiger partial charge in [0.25, 0.3) is 5.91 Å². The quantitative estimate of drug-likeness (QED) is 0.633. The fraction of sp³-hybridized carbons (Fsp3) is 0.333. The summed E-state index contributed by atoms with van der Waals surface area (Å²) < 4.78 is 9.96. The van der Waals surface area contributed by atoms with Crippen molar-refractivity contribution in [2.45, 2.75) is 13.8 Å². The highest BCUT2D eigenvalue weighted by Gasteiger charge is 2.23. The molecule has 2 aromatic rings. The summed E-state index contributed by atoms with van der Waals surface area (Å²) in [5.41, 5.74) is 2.67. The van der Waals surface area contributed by atoms with Crippen LogP contribution in [-0.4, -0.2) is 37.2 Å². The van der Waals surface area contributed by atoms with Crippen LogP contribution in [0.25, 0.3) is 0 Å². The molecule has 0 aliphatic carbocycles. The molecule has 0 saturated carbocycles. The highest BCUT2D eigenvalue weighted by atomic mass is 32.1. The smallest absolute Gasteiger partial charge is 0.340 e. The summed E-state index contributed by atoms with van der Waals surface area (Å²) >= 11 is 1.49. The first kappa shape index (κ1) is 16.3. The number of carbonyl (C=O) groups excluding carboxylic acids is 2. The Morgan fingerprint density at radius 3 is 2.73 bits per heavy atom. The van der Waals surface area contributed by atoms with Crippen LogP contribution in [0.5, 0.6) is 0 Å². The number of nitrogens with one attached hydrogen (secondary N) is 2. The number of amides is 1. The van der Waals surface area contributed by atoms with Crippen LogP contribution in [0.15, 0.2) is 16.8 Å². The Hall–Kier alpha value is -2.12. The third-order valence-corrected chi connectivity index (χ3v) is 3.85. The zero-order valence-corrected chi connectivity index (χ0v) is 13.5. The van der Waals surface area contributed by atoms with Gasteiger partial charge in [-0.2, -0.15) is 11.3 Å². The van der Waals surface area contributed by atoms with Gasteiger partial charge in [0.05, 0.1) is 17.9 Å². The summed E-state index contributed by atoms with van der Waals surface area (Å²) in [6, 6.07) is 1.81. The number of methoxy groups -OCH3 is 1. The van der Waals surface area contributed by atoms with Crippen molar-refractivity contribution in [3.8, 4) is 0 Å². The minimum atomic E-state index is -0.460. The van der Waals surface area contributed by atoms with E-state index in [2.05, 4.69) is 10.3 Å². The van der Waals surface area contributed by atoms with E-state index in [1.54, 1.807) is 13.8 Å². The SMILES string of the molecule is COCCOC(=O)c1c(C)[nH]c(C(=O)Nc2ccsc2)c1C. The molecule has 7 heteroatoms. The van der Waals surface area contributed by atoms with Gasteiger partial charge in [-0.15, -0.1) is 0 Å². The predicted molar refractivity (Wildman–Crippen MR) is 84.7 cm³/mol. The van der Waals surface area contributed by atoms with Gasteiger partial charge in [-0.1, -0.05) is 0 Å². The van der Waals surface area contributed by atoms with Crippen LogP contribution in [0.2, 0.25) is 0 Å². The van der Waals surface area contributed by atoms with Gasteiger partial charge in [0.2, 0.25) is 0 Å². The molecule has 22 heavy (non-hydrogen) atoms. The van der Waals surface area contributed by atoms with Crippen LogP contribution in [0.4, 0.5) is 5.69 Å². The van der Waals surface area contributed by atoms with Crippen LogP contribution in [-0.2, 0) is 9.47 Å². The van der Waals surface area contributed by atoms with Gasteiger partial charge in [-0.3, -0.25) is 4.79 Å². The number of hydrogen-bond donors (Lipinski definition) is 2. The molecular formula is C15H18N2O4S. The normalized spacial score (nSPS) is 10.5. The predicted octanol–water partition coefficient (Wildman–Crippen LogP) is 2.75. The Kier molecular flexibility index (Phi) is 5.35. The van der Waals surface area contributed by atoms with Gasteiger partial charge in [0, 0.05) is 18.2 Å². The van der Waals surface area contributed by atoms with E-state index >= 15 is 0 Å². The number of aromatic amines is 1. The molecule has 0 bridgehead atoms. The lowest BCUT2D eigenvalue weighted by Gasteiger charge is -2.05. The van der Waals surface area contributed by atoms with E-state index in [1.165, 1.54) is 18.4 Å². The van der Waals surface area contributed by atoms with Gasteiger partial charge in [0.15, 0.2) is 0 Å². The Bertz CT molecular complexity index is 661. The Labute approximate surface area is 132 Å². The van der Waals surface area contributed by atoms with Crippen LogP contribution in [0.3, 0.4) is 0 Å². The molecule has 118 valence electrons. The average molecular weight is 322 g/mol. The summed E-state index contributed by atoms with van der Waals surface area (Å²) in [6.45, 7) is 3.97. The molecule has 2 heterocycles. The van der Waals surface area contributed by atoms with Crippen molar-refractivity contribution >= 4 is 28.9 Å². The van der Waals surface area contributed by atoms with Crippen molar-refractivity contribution in [2.75, 3.05) is 25.6 Å². The Morgan fingerprint density at radius 1 is 1.32 bits per heavy atom. The average Bonchev–Trinajstić information content (AvgIpc) is 3.07. The first-order valence-corrected chi connectivity index (χ1v) is 7.67. The number of carbonyl (C=O) groups is 2. The van der Waals surface area contributed by atoms with Crippen LogP contribution in [0, 0.1) is 13.8 Å². The number of rotatable bonds is 6. The standard InChI is InChI=1S/C15H18N2O4S/c1-9-12(15(19)21-6-5-20-3)10(2)16-13(9)14(18)17-11-4-7-22-8-11/h4,7-8,16H,5-6H2,1-3H3,(H,17,18). The molecule has 0 saturated heterocycles. The molecule has 0 radical (unpaired) electrons. The van der Waals surface area contributed by atoms with E-state index in [0.717, 1.165) is 5.69 Å². The van der Waals surface area contributed by atoms with E-state index in [4.69, 9.17) is 9.47 Å². The van der Waals surface area contributed by atoms with Crippen molar-refractivity contribution in [3.05, 3.63) is 39.3 Å². The summed E-state index contributed by atoms with van der Waals surface area (Å²) in [7, 11) is 1.54. The van der Waals surface area contributed by atoms with Gasteiger partial charge < -0.3 is 19.8 Å². The van der Waals surface area contributed by atoms with E-state index in [1.807, 2.05) is 16.8 Å². The number of thiophene rings is 1. The topological polar surface area (TPSA) is 80.4 Å². The van der Waals surface area contributed by atoms with E-state index < -0.39 is 5.97 Å². The third-order valence-electron chi connectivity index (χ3n) is 3.17. The number of hydrogen-bond acceptors (Lipinski definition) is 5. The molecule has 0 aliphatic rings. The van der Waals surface area contributed by atoms with Gasteiger partial charge in [0.1, 0.15) is 12.3 Å². The lowest BCUT2D eigenvalue weighted by Crippen LogP contribution is -2.14. The molecule has 0 fully saturated rings. The zero-order valence-electron chi connectivity index (χ0n) is 12.7. The third kappa shape index (κ3) is 3.55. The molecule has 2 N–H and O–H groups in total.